The molecule has 2 unspecified atom stereocenters. The van der Waals surface area contributed by atoms with E-state index in [9.17, 15) is 4.39 Å². The fourth-order valence-corrected chi connectivity index (χ4v) is 4.33. The van der Waals surface area contributed by atoms with E-state index in [2.05, 4.69) is 4.99 Å². The molecule has 0 aromatic heterocycles. The van der Waals surface area contributed by atoms with E-state index in [1.807, 2.05) is 0 Å². The zero-order valence-corrected chi connectivity index (χ0v) is 8.82. The Morgan fingerprint density at radius 2 is 1.73 bits per heavy atom. The highest BCUT2D eigenvalue weighted by molar-refractivity contribution is 5.76. The van der Waals surface area contributed by atoms with Crippen LogP contribution in [0.1, 0.15) is 32.1 Å². The summed E-state index contributed by atoms with van der Waals surface area (Å²) in [5.74, 6) is 1.28. The lowest BCUT2D eigenvalue weighted by molar-refractivity contribution is -0.0640. The van der Waals surface area contributed by atoms with Gasteiger partial charge in [0.1, 0.15) is 6.17 Å². The van der Waals surface area contributed by atoms with Crippen molar-refractivity contribution >= 4 is 5.96 Å². The molecule has 0 heterocycles. The number of rotatable bonds is 1. The Labute approximate surface area is 89.1 Å². The lowest BCUT2D eigenvalue weighted by atomic mass is 9.52. The third-order valence-electron chi connectivity index (χ3n) is 4.49. The van der Waals surface area contributed by atoms with Gasteiger partial charge in [-0.05, 0) is 49.9 Å². The number of alkyl halides is 1. The molecule has 0 saturated heterocycles. The minimum atomic E-state index is -0.594. The van der Waals surface area contributed by atoms with E-state index >= 15 is 0 Å². The summed E-state index contributed by atoms with van der Waals surface area (Å²) < 4.78 is 13.9. The van der Waals surface area contributed by atoms with Crippen molar-refractivity contribution in [1.82, 2.24) is 0 Å². The first-order valence-corrected chi connectivity index (χ1v) is 5.83. The van der Waals surface area contributed by atoms with Crippen LogP contribution in [0, 0.1) is 17.8 Å². The minimum Gasteiger partial charge on any atom is -0.370 e. The summed E-state index contributed by atoms with van der Waals surface area (Å²) in [6, 6.07) is 0. The molecule has 3 nitrogen and oxygen atoms in total. The Balaban J connectivity index is 1.92. The average molecular weight is 211 g/mol. The standard InChI is InChI=1S/C11H18FN3/c12-9-7-1-6-2-8(9)5-11(3-6,4-7)15-10(13)14/h6-9H,1-5H2,(H4,13,14,15). The Morgan fingerprint density at radius 1 is 1.13 bits per heavy atom. The lowest BCUT2D eigenvalue weighted by Crippen LogP contribution is -2.55. The highest BCUT2D eigenvalue weighted by Gasteiger charge is 2.55. The Morgan fingerprint density at radius 3 is 2.27 bits per heavy atom. The SMILES string of the molecule is NC(N)=NC12CC3CC(C1)C(F)C(C3)C2. The molecular weight excluding hydrogens is 193 g/mol. The fraction of sp³-hybridized carbons (Fsp3) is 0.909. The number of hydrogen-bond acceptors (Lipinski definition) is 1. The Bertz CT molecular complexity index is 295. The monoisotopic (exact) mass is 211 g/mol. The summed E-state index contributed by atoms with van der Waals surface area (Å²) in [6.07, 6.45) is 4.31. The van der Waals surface area contributed by atoms with Crippen molar-refractivity contribution in [2.45, 2.75) is 43.8 Å². The van der Waals surface area contributed by atoms with Crippen LogP contribution in [0.15, 0.2) is 4.99 Å². The largest absolute Gasteiger partial charge is 0.370 e. The van der Waals surface area contributed by atoms with E-state index in [1.54, 1.807) is 0 Å². The molecule has 15 heavy (non-hydrogen) atoms. The molecule has 4 fully saturated rings. The third kappa shape index (κ3) is 1.34. The predicted molar refractivity (Wildman–Crippen MR) is 57.0 cm³/mol. The normalized spacial score (nSPS) is 51.8. The van der Waals surface area contributed by atoms with Gasteiger partial charge in [-0.3, -0.25) is 0 Å². The molecule has 84 valence electrons. The molecule has 4 bridgehead atoms. The van der Waals surface area contributed by atoms with Crippen LogP contribution in [0.5, 0.6) is 0 Å². The molecule has 2 atom stereocenters. The summed E-state index contributed by atoms with van der Waals surface area (Å²) in [7, 11) is 0. The van der Waals surface area contributed by atoms with Crippen molar-refractivity contribution in [3.8, 4) is 0 Å². The van der Waals surface area contributed by atoms with Gasteiger partial charge in [0.15, 0.2) is 5.96 Å². The van der Waals surface area contributed by atoms with Crippen LogP contribution in [0.25, 0.3) is 0 Å². The molecule has 0 radical (unpaired) electrons. The van der Waals surface area contributed by atoms with Gasteiger partial charge < -0.3 is 11.5 Å². The van der Waals surface area contributed by atoms with Crippen molar-refractivity contribution in [3.63, 3.8) is 0 Å². The predicted octanol–water partition coefficient (Wildman–Crippen LogP) is 1.18. The maximum absolute atomic E-state index is 13.9. The summed E-state index contributed by atoms with van der Waals surface area (Å²) in [5, 5.41) is 0. The van der Waals surface area contributed by atoms with E-state index in [4.69, 9.17) is 11.5 Å². The number of hydrogen-bond donors (Lipinski definition) is 2. The minimum absolute atomic E-state index is 0.0993. The molecule has 0 aliphatic heterocycles. The molecular formula is C11H18FN3. The molecule has 0 amide bonds. The van der Waals surface area contributed by atoms with E-state index in [-0.39, 0.29) is 23.3 Å². The topological polar surface area (TPSA) is 64.4 Å². The zero-order valence-electron chi connectivity index (χ0n) is 8.82. The quantitative estimate of drug-likeness (QED) is 0.505. The van der Waals surface area contributed by atoms with Gasteiger partial charge >= 0.3 is 0 Å². The first kappa shape index (κ1) is 9.43. The molecule has 4 N–H and O–H groups in total. The van der Waals surface area contributed by atoms with E-state index < -0.39 is 6.17 Å². The number of nitrogens with two attached hydrogens (primary N) is 2. The molecule has 4 heteroatoms. The molecule has 4 rings (SSSR count). The maximum Gasteiger partial charge on any atom is 0.186 e. The van der Waals surface area contributed by atoms with Crippen molar-refractivity contribution < 1.29 is 4.39 Å². The smallest absolute Gasteiger partial charge is 0.186 e. The average Bonchev–Trinajstić information content (AvgIpc) is 2.10. The van der Waals surface area contributed by atoms with E-state index in [0.29, 0.717) is 5.92 Å². The van der Waals surface area contributed by atoms with Gasteiger partial charge in [-0.2, -0.15) is 0 Å². The van der Waals surface area contributed by atoms with Crippen LogP contribution in [0.4, 0.5) is 4.39 Å². The molecule has 4 aliphatic carbocycles. The second kappa shape index (κ2) is 2.86. The maximum atomic E-state index is 13.9. The van der Waals surface area contributed by atoms with Gasteiger partial charge in [0, 0.05) is 0 Å². The van der Waals surface area contributed by atoms with Gasteiger partial charge in [0.25, 0.3) is 0 Å². The van der Waals surface area contributed by atoms with Crippen LogP contribution in [-0.4, -0.2) is 17.7 Å². The Kier molecular flexibility index (Phi) is 1.80. The van der Waals surface area contributed by atoms with Crippen molar-refractivity contribution in [2.24, 2.45) is 34.2 Å². The second-order valence-electron chi connectivity index (χ2n) is 5.68. The molecule has 0 spiro atoms. The van der Waals surface area contributed by atoms with Crippen LogP contribution in [0.3, 0.4) is 0 Å². The molecule has 0 aromatic rings. The summed E-state index contributed by atoms with van der Waals surface area (Å²) >= 11 is 0. The fourth-order valence-electron chi connectivity index (χ4n) is 4.33. The first-order chi connectivity index (χ1) is 7.08. The second-order valence-corrected chi connectivity index (χ2v) is 5.68. The van der Waals surface area contributed by atoms with Gasteiger partial charge in [0.2, 0.25) is 0 Å². The number of halogens is 1. The zero-order chi connectivity index (χ0) is 10.6. The van der Waals surface area contributed by atoms with E-state index in [0.717, 1.165) is 32.1 Å². The lowest BCUT2D eigenvalue weighted by Gasteiger charge is -2.56. The van der Waals surface area contributed by atoms with E-state index in [1.165, 1.54) is 0 Å². The van der Waals surface area contributed by atoms with Crippen LogP contribution >= 0.6 is 0 Å². The van der Waals surface area contributed by atoms with Crippen LogP contribution in [0.2, 0.25) is 0 Å². The molecule has 0 aromatic carbocycles. The van der Waals surface area contributed by atoms with Gasteiger partial charge in [-0.25, -0.2) is 9.38 Å². The van der Waals surface area contributed by atoms with Gasteiger partial charge in [-0.1, -0.05) is 0 Å². The number of guanidine groups is 1. The van der Waals surface area contributed by atoms with Crippen molar-refractivity contribution in [3.05, 3.63) is 0 Å². The molecule has 4 aliphatic rings. The highest BCUT2D eigenvalue weighted by Crippen LogP contribution is 2.58. The van der Waals surface area contributed by atoms with Crippen molar-refractivity contribution in [1.29, 1.82) is 0 Å². The van der Waals surface area contributed by atoms with Crippen molar-refractivity contribution in [2.75, 3.05) is 0 Å². The van der Waals surface area contributed by atoms with Crippen LogP contribution in [-0.2, 0) is 0 Å². The molecule has 4 saturated carbocycles. The summed E-state index contributed by atoms with van der Waals surface area (Å²) in [5.41, 5.74) is 10.9. The van der Waals surface area contributed by atoms with Crippen LogP contribution < -0.4 is 11.5 Å². The summed E-state index contributed by atoms with van der Waals surface area (Å²) in [6.45, 7) is 0. The summed E-state index contributed by atoms with van der Waals surface area (Å²) in [4.78, 5) is 4.41. The number of nitrogens with zero attached hydrogens (tertiary/aromatic N) is 1. The van der Waals surface area contributed by atoms with Gasteiger partial charge in [0.05, 0.1) is 5.54 Å². The highest BCUT2D eigenvalue weighted by atomic mass is 19.1. The van der Waals surface area contributed by atoms with Gasteiger partial charge in [-0.15, -0.1) is 0 Å². The number of aliphatic imine (C=N–C) groups is 1. The Hall–Kier alpha value is -0.800. The third-order valence-corrected chi connectivity index (χ3v) is 4.49. The first-order valence-electron chi connectivity index (χ1n) is 5.83.